The number of hydrazone groups is 1. The van der Waals surface area contributed by atoms with Gasteiger partial charge in [-0.1, -0.05) is 53.7 Å². The van der Waals surface area contributed by atoms with Gasteiger partial charge < -0.3 is 9.67 Å². The van der Waals surface area contributed by atoms with E-state index in [1.54, 1.807) is 6.07 Å². The number of phenols is 1. The number of rotatable bonds is 7. The molecule has 1 amide bonds. The molecular formula is C24H20I2N4O2S. The molecule has 3 aromatic carbocycles. The number of imidazole rings is 1. The fourth-order valence-corrected chi connectivity index (χ4v) is 5.91. The van der Waals surface area contributed by atoms with Crippen molar-refractivity contribution < 1.29 is 9.90 Å². The fourth-order valence-electron chi connectivity index (χ4n) is 3.21. The average molecular weight is 682 g/mol. The number of thioether (sulfide) groups is 1. The Morgan fingerprint density at radius 1 is 1.18 bits per heavy atom. The molecular weight excluding hydrogens is 662 g/mol. The maximum atomic E-state index is 12.4. The molecule has 0 fully saturated rings. The second kappa shape index (κ2) is 10.9. The normalized spacial score (nSPS) is 11.4. The number of aromatic hydroxyl groups is 1. The summed E-state index contributed by atoms with van der Waals surface area (Å²) in [5.41, 5.74) is 7.41. The lowest BCUT2D eigenvalue weighted by atomic mass is 10.1. The van der Waals surface area contributed by atoms with E-state index in [1.807, 2.05) is 30.3 Å². The highest BCUT2D eigenvalue weighted by Crippen LogP contribution is 2.26. The van der Waals surface area contributed by atoms with Gasteiger partial charge >= 0.3 is 0 Å². The molecule has 0 aliphatic carbocycles. The molecule has 4 rings (SSSR count). The lowest BCUT2D eigenvalue weighted by Crippen LogP contribution is -2.20. The van der Waals surface area contributed by atoms with Crippen molar-refractivity contribution in [1.82, 2.24) is 15.0 Å². The van der Waals surface area contributed by atoms with E-state index in [2.05, 4.69) is 91.5 Å². The minimum atomic E-state index is -0.245. The standard InChI is InChI=1S/C24H20I2N4O2S/c1-15-6-8-16(9-7-15)13-30-21-5-3-2-4-20(21)28-24(30)33-14-22(31)29-27-12-17-10-18(25)11-19(26)23(17)32/h2-12,32H,13-14H2,1H3,(H,29,31)/b27-12+. The Labute approximate surface area is 223 Å². The highest BCUT2D eigenvalue weighted by molar-refractivity contribution is 14.1. The van der Waals surface area contributed by atoms with Crippen LogP contribution in [0.4, 0.5) is 0 Å². The van der Waals surface area contributed by atoms with E-state index in [0.29, 0.717) is 12.1 Å². The van der Waals surface area contributed by atoms with Crippen LogP contribution in [0.3, 0.4) is 0 Å². The first-order chi connectivity index (χ1) is 15.9. The van der Waals surface area contributed by atoms with Crippen molar-refractivity contribution in [3.63, 3.8) is 0 Å². The number of halogens is 2. The maximum absolute atomic E-state index is 12.4. The van der Waals surface area contributed by atoms with E-state index in [-0.39, 0.29) is 17.4 Å². The van der Waals surface area contributed by atoms with Gasteiger partial charge in [-0.05, 0) is 81.9 Å². The Morgan fingerprint density at radius 3 is 2.73 bits per heavy atom. The minimum absolute atomic E-state index is 0.146. The SMILES string of the molecule is Cc1ccc(Cn2c(SCC(=O)N/N=C/c3cc(I)cc(I)c3O)nc3ccccc32)cc1. The molecule has 0 unspecified atom stereocenters. The van der Waals surface area contributed by atoms with E-state index < -0.39 is 0 Å². The number of aromatic nitrogens is 2. The largest absolute Gasteiger partial charge is 0.506 e. The Hall–Kier alpha value is -2.12. The number of phenolic OH excluding ortho intramolecular Hbond substituents is 1. The van der Waals surface area contributed by atoms with Crippen LogP contribution in [0.25, 0.3) is 11.0 Å². The number of carbonyl (C=O) groups is 1. The number of para-hydroxylation sites is 2. The van der Waals surface area contributed by atoms with Crippen LogP contribution in [-0.2, 0) is 11.3 Å². The molecule has 0 radical (unpaired) electrons. The van der Waals surface area contributed by atoms with E-state index in [1.165, 1.54) is 29.1 Å². The van der Waals surface area contributed by atoms with Crippen LogP contribution in [0.1, 0.15) is 16.7 Å². The molecule has 2 N–H and O–H groups in total. The van der Waals surface area contributed by atoms with Crippen LogP contribution < -0.4 is 5.43 Å². The molecule has 0 aliphatic heterocycles. The minimum Gasteiger partial charge on any atom is -0.506 e. The Balaban J connectivity index is 1.45. The highest BCUT2D eigenvalue weighted by Gasteiger charge is 2.13. The summed E-state index contributed by atoms with van der Waals surface area (Å²) in [5.74, 6) is 0.0722. The quantitative estimate of drug-likeness (QED) is 0.116. The number of nitrogens with zero attached hydrogens (tertiary/aromatic N) is 3. The van der Waals surface area contributed by atoms with Crippen molar-refractivity contribution >= 4 is 80.1 Å². The van der Waals surface area contributed by atoms with Gasteiger partial charge in [0.1, 0.15) is 5.75 Å². The van der Waals surface area contributed by atoms with Crippen LogP contribution in [0, 0.1) is 14.1 Å². The van der Waals surface area contributed by atoms with E-state index in [4.69, 9.17) is 4.98 Å². The molecule has 0 atom stereocenters. The molecule has 0 saturated carbocycles. The van der Waals surface area contributed by atoms with Crippen LogP contribution in [-0.4, -0.2) is 32.5 Å². The zero-order valence-electron chi connectivity index (χ0n) is 17.6. The predicted molar refractivity (Wildman–Crippen MR) is 150 cm³/mol. The van der Waals surface area contributed by atoms with Crippen LogP contribution >= 0.6 is 56.9 Å². The van der Waals surface area contributed by atoms with Crippen molar-refractivity contribution in [3.8, 4) is 5.75 Å². The summed E-state index contributed by atoms with van der Waals surface area (Å²) in [6.07, 6.45) is 1.45. The first kappa shape index (κ1) is 24.0. The summed E-state index contributed by atoms with van der Waals surface area (Å²) < 4.78 is 3.84. The fraction of sp³-hybridized carbons (Fsp3) is 0.125. The van der Waals surface area contributed by atoms with Crippen molar-refractivity contribution in [1.29, 1.82) is 0 Å². The summed E-state index contributed by atoms with van der Waals surface area (Å²) in [6, 6.07) is 20.1. The first-order valence-electron chi connectivity index (χ1n) is 10.0. The van der Waals surface area contributed by atoms with Crippen LogP contribution in [0.5, 0.6) is 5.75 Å². The summed E-state index contributed by atoms with van der Waals surface area (Å²) in [7, 11) is 0. The molecule has 168 valence electrons. The maximum Gasteiger partial charge on any atom is 0.250 e. The average Bonchev–Trinajstić information content (AvgIpc) is 3.14. The Morgan fingerprint density at radius 2 is 1.94 bits per heavy atom. The van der Waals surface area contributed by atoms with Crippen molar-refractivity contribution in [2.45, 2.75) is 18.6 Å². The van der Waals surface area contributed by atoms with Gasteiger partial charge in [0.15, 0.2) is 5.16 Å². The first-order valence-corrected chi connectivity index (χ1v) is 13.2. The van der Waals surface area contributed by atoms with Gasteiger partial charge in [0, 0.05) is 9.13 Å². The van der Waals surface area contributed by atoms with Crippen LogP contribution in [0.15, 0.2) is 70.9 Å². The molecule has 1 heterocycles. The second-order valence-corrected chi connectivity index (χ2v) is 10.7. The van der Waals surface area contributed by atoms with Gasteiger partial charge in [-0.25, -0.2) is 10.4 Å². The molecule has 1 aromatic heterocycles. The summed E-state index contributed by atoms with van der Waals surface area (Å²) in [5, 5.41) is 14.9. The van der Waals surface area contributed by atoms with Gasteiger partial charge in [-0.2, -0.15) is 5.10 Å². The number of carbonyl (C=O) groups excluding carboxylic acids is 1. The number of nitrogens with one attached hydrogen (secondary N) is 1. The second-order valence-electron chi connectivity index (χ2n) is 7.36. The van der Waals surface area contributed by atoms with Crippen molar-refractivity contribution in [2.75, 3.05) is 5.75 Å². The van der Waals surface area contributed by atoms with E-state index >= 15 is 0 Å². The topological polar surface area (TPSA) is 79.5 Å². The zero-order chi connectivity index (χ0) is 23.4. The third-order valence-electron chi connectivity index (χ3n) is 4.86. The molecule has 0 aliphatic rings. The van der Waals surface area contributed by atoms with Crippen molar-refractivity contribution in [2.24, 2.45) is 5.10 Å². The summed E-state index contributed by atoms with van der Waals surface area (Å²) >= 11 is 5.61. The zero-order valence-corrected chi connectivity index (χ0v) is 22.8. The van der Waals surface area contributed by atoms with Gasteiger partial charge in [0.2, 0.25) is 0 Å². The smallest absolute Gasteiger partial charge is 0.250 e. The molecule has 33 heavy (non-hydrogen) atoms. The number of aryl methyl sites for hydroxylation is 1. The lowest BCUT2D eigenvalue weighted by molar-refractivity contribution is -0.118. The van der Waals surface area contributed by atoms with Gasteiger partial charge in [0.05, 0.1) is 33.1 Å². The number of hydrogen-bond donors (Lipinski definition) is 2. The van der Waals surface area contributed by atoms with Crippen LogP contribution in [0.2, 0.25) is 0 Å². The summed E-state index contributed by atoms with van der Waals surface area (Å²) in [4.78, 5) is 17.1. The lowest BCUT2D eigenvalue weighted by Gasteiger charge is -2.09. The molecule has 4 aromatic rings. The Bertz CT molecular complexity index is 1340. The van der Waals surface area contributed by atoms with Gasteiger partial charge in [-0.3, -0.25) is 4.79 Å². The highest BCUT2D eigenvalue weighted by atomic mass is 127. The number of amides is 1. The number of benzene rings is 3. The van der Waals surface area contributed by atoms with E-state index in [9.17, 15) is 9.90 Å². The summed E-state index contributed by atoms with van der Waals surface area (Å²) in [6.45, 7) is 2.74. The molecule has 9 heteroatoms. The molecule has 0 bridgehead atoms. The Kier molecular flexibility index (Phi) is 7.91. The number of fused-ring (bicyclic) bond motifs is 1. The third kappa shape index (κ3) is 6.07. The molecule has 0 saturated heterocycles. The third-order valence-corrected chi connectivity index (χ3v) is 7.29. The number of hydrogen-bond acceptors (Lipinski definition) is 5. The monoisotopic (exact) mass is 682 g/mol. The predicted octanol–water partition coefficient (Wildman–Crippen LogP) is 5.55. The van der Waals surface area contributed by atoms with Gasteiger partial charge in [-0.15, -0.1) is 0 Å². The molecule has 0 spiro atoms. The van der Waals surface area contributed by atoms with E-state index in [0.717, 1.165) is 23.3 Å². The van der Waals surface area contributed by atoms with Crippen molar-refractivity contribution in [3.05, 3.63) is 84.5 Å². The molecule has 6 nitrogen and oxygen atoms in total. The van der Waals surface area contributed by atoms with Gasteiger partial charge in [0.25, 0.3) is 5.91 Å².